The molecule has 1 unspecified atom stereocenters. The normalized spacial score (nSPS) is 27.3. The van der Waals surface area contributed by atoms with Gasteiger partial charge in [-0.3, -0.25) is 0 Å². The van der Waals surface area contributed by atoms with Gasteiger partial charge in [-0.25, -0.2) is 9.97 Å². The molecule has 3 rings (SSSR count). The van der Waals surface area contributed by atoms with Crippen molar-refractivity contribution in [2.24, 2.45) is 0 Å². The summed E-state index contributed by atoms with van der Waals surface area (Å²) in [5.74, 6) is 0. The minimum absolute atomic E-state index is 0.0127. The highest BCUT2D eigenvalue weighted by atomic mass is 19.4. The molecule has 0 bridgehead atoms. The summed E-state index contributed by atoms with van der Waals surface area (Å²) in [6, 6.07) is 6.40. The summed E-state index contributed by atoms with van der Waals surface area (Å²) in [5, 5.41) is 14.5. The molecule has 1 aromatic heterocycles. The number of rotatable bonds is 2. The van der Waals surface area contributed by atoms with E-state index in [9.17, 15) is 18.3 Å². The largest absolute Gasteiger partial charge is 0.416 e. The fraction of sp³-hybridized carbons (Fsp3) is 0.444. The van der Waals surface area contributed by atoms with Gasteiger partial charge in [0.15, 0.2) is 0 Å². The third-order valence-corrected chi connectivity index (χ3v) is 4.60. The Kier molecular flexibility index (Phi) is 4.55. The summed E-state index contributed by atoms with van der Waals surface area (Å²) >= 11 is 0. The lowest BCUT2D eigenvalue weighted by molar-refractivity contribution is -0.137. The van der Waals surface area contributed by atoms with E-state index in [1.54, 1.807) is 0 Å². The molecular weight excluding hydrogens is 331 g/mol. The Morgan fingerprint density at radius 2 is 1.84 bits per heavy atom. The van der Waals surface area contributed by atoms with Crippen LogP contribution < -0.4 is 5.32 Å². The van der Waals surface area contributed by atoms with E-state index in [2.05, 4.69) is 15.3 Å². The average Bonchev–Trinajstić information content (AvgIpc) is 2.53. The highest BCUT2D eigenvalue weighted by Gasteiger charge is 2.40. The first-order valence-electron chi connectivity index (χ1n) is 8.12. The molecule has 0 spiro atoms. The monoisotopic (exact) mass is 351 g/mol. The molecule has 0 radical (unpaired) electrons. The first-order chi connectivity index (χ1) is 11.7. The Balaban J connectivity index is 1.89. The molecule has 1 aromatic carbocycles. The van der Waals surface area contributed by atoms with E-state index in [1.165, 1.54) is 18.5 Å². The molecule has 25 heavy (non-hydrogen) atoms. The number of piperidine rings is 1. The van der Waals surface area contributed by atoms with E-state index in [1.807, 2.05) is 19.9 Å². The van der Waals surface area contributed by atoms with Crippen molar-refractivity contribution in [3.05, 3.63) is 59.2 Å². The molecule has 134 valence electrons. The van der Waals surface area contributed by atoms with E-state index < -0.39 is 17.3 Å². The van der Waals surface area contributed by atoms with Gasteiger partial charge in [0.1, 0.15) is 6.33 Å². The lowest BCUT2D eigenvalue weighted by atomic mass is 9.78. The average molecular weight is 351 g/mol. The predicted octanol–water partition coefficient (Wildman–Crippen LogP) is 3.50. The van der Waals surface area contributed by atoms with E-state index in [0.29, 0.717) is 18.4 Å². The third-order valence-electron chi connectivity index (χ3n) is 4.60. The molecule has 7 heteroatoms. The quantitative estimate of drug-likeness (QED) is 0.869. The van der Waals surface area contributed by atoms with Crippen molar-refractivity contribution in [3.63, 3.8) is 0 Å². The van der Waals surface area contributed by atoms with Gasteiger partial charge in [0.05, 0.1) is 22.9 Å². The Labute approximate surface area is 144 Å². The van der Waals surface area contributed by atoms with E-state index in [-0.39, 0.29) is 12.1 Å². The summed E-state index contributed by atoms with van der Waals surface area (Å²) in [7, 11) is 0. The maximum atomic E-state index is 12.8. The van der Waals surface area contributed by atoms with Crippen LogP contribution in [0.15, 0.2) is 36.7 Å². The number of benzene rings is 1. The standard InChI is InChI=1S/C18H20F3N3O/c1-11-7-15(23-10-22-11)16-9-17(25,8-12(2)24-16)13-3-5-14(6-4-13)18(19,20)21/h3-7,10,12,16,24-25H,8-9H2,1-2H3/t12-,16-,17?/m0/s1. The minimum Gasteiger partial charge on any atom is -0.385 e. The van der Waals surface area contributed by atoms with E-state index in [0.717, 1.165) is 23.5 Å². The molecule has 2 N–H and O–H groups in total. The van der Waals surface area contributed by atoms with Crippen molar-refractivity contribution in [1.82, 2.24) is 15.3 Å². The number of aromatic nitrogens is 2. The van der Waals surface area contributed by atoms with Gasteiger partial charge >= 0.3 is 6.18 Å². The maximum Gasteiger partial charge on any atom is 0.416 e. The second-order valence-electron chi connectivity index (χ2n) is 6.72. The first kappa shape index (κ1) is 17.8. The molecule has 0 saturated carbocycles. The van der Waals surface area contributed by atoms with Crippen LogP contribution in [0.3, 0.4) is 0 Å². The molecule has 2 aromatic rings. The van der Waals surface area contributed by atoms with Crippen molar-refractivity contribution in [2.75, 3.05) is 0 Å². The SMILES string of the molecule is Cc1cc([C@@H]2CC(O)(c3ccc(C(F)(F)F)cc3)C[C@H](C)N2)ncn1. The van der Waals surface area contributed by atoms with Gasteiger partial charge in [-0.15, -0.1) is 0 Å². The van der Waals surface area contributed by atoms with E-state index >= 15 is 0 Å². The zero-order valence-electron chi connectivity index (χ0n) is 14.0. The van der Waals surface area contributed by atoms with Crippen LogP contribution >= 0.6 is 0 Å². The smallest absolute Gasteiger partial charge is 0.385 e. The Hall–Kier alpha value is -1.99. The van der Waals surface area contributed by atoms with Crippen LogP contribution in [-0.4, -0.2) is 21.1 Å². The first-order valence-corrected chi connectivity index (χ1v) is 8.12. The van der Waals surface area contributed by atoms with Crippen LogP contribution in [0.4, 0.5) is 13.2 Å². The number of halogens is 3. The van der Waals surface area contributed by atoms with Crippen LogP contribution in [0, 0.1) is 6.92 Å². The zero-order valence-corrected chi connectivity index (χ0v) is 14.0. The zero-order chi connectivity index (χ0) is 18.2. The molecule has 2 heterocycles. The van der Waals surface area contributed by atoms with Gasteiger partial charge < -0.3 is 10.4 Å². The number of nitrogens with zero attached hydrogens (tertiary/aromatic N) is 2. The van der Waals surface area contributed by atoms with Gasteiger partial charge in [-0.05, 0) is 44.0 Å². The van der Waals surface area contributed by atoms with E-state index in [4.69, 9.17) is 0 Å². The number of alkyl halides is 3. The van der Waals surface area contributed by atoms with Crippen LogP contribution in [-0.2, 0) is 11.8 Å². The molecule has 1 fully saturated rings. The van der Waals surface area contributed by atoms with Crippen molar-refractivity contribution < 1.29 is 18.3 Å². The fourth-order valence-corrected chi connectivity index (χ4v) is 3.45. The van der Waals surface area contributed by atoms with Crippen molar-refractivity contribution in [3.8, 4) is 0 Å². The molecule has 1 saturated heterocycles. The minimum atomic E-state index is -4.39. The van der Waals surface area contributed by atoms with Gasteiger partial charge in [0, 0.05) is 18.2 Å². The van der Waals surface area contributed by atoms with Crippen molar-refractivity contribution in [2.45, 2.75) is 50.6 Å². The summed E-state index contributed by atoms with van der Waals surface area (Å²) < 4.78 is 38.3. The van der Waals surface area contributed by atoms with Crippen LogP contribution in [0.5, 0.6) is 0 Å². The fourth-order valence-electron chi connectivity index (χ4n) is 3.45. The Morgan fingerprint density at radius 3 is 2.44 bits per heavy atom. The lowest BCUT2D eigenvalue weighted by Crippen LogP contribution is -2.47. The highest BCUT2D eigenvalue weighted by molar-refractivity contribution is 5.30. The summed E-state index contributed by atoms with van der Waals surface area (Å²) in [4.78, 5) is 8.34. The molecule has 0 amide bonds. The molecule has 1 aliphatic heterocycles. The molecule has 1 aliphatic rings. The van der Waals surface area contributed by atoms with Crippen LogP contribution in [0.1, 0.15) is 48.3 Å². The number of nitrogens with one attached hydrogen (secondary N) is 1. The number of hydrogen-bond donors (Lipinski definition) is 2. The predicted molar refractivity (Wildman–Crippen MR) is 86.7 cm³/mol. The van der Waals surface area contributed by atoms with Gasteiger partial charge in [-0.1, -0.05) is 12.1 Å². The third kappa shape index (κ3) is 3.82. The van der Waals surface area contributed by atoms with Crippen molar-refractivity contribution in [1.29, 1.82) is 0 Å². The van der Waals surface area contributed by atoms with Crippen LogP contribution in [0.25, 0.3) is 0 Å². The van der Waals surface area contributed by atoms with Gasteiger partial charge in [0.2, 0.25) is 0 Å². The lowest BCUT2D eigenvalue weighted by Gasteiger charge is -2.41. The van der Waals surface area contributed by atoms with Gasteiger partial charge in [-0.2, -0.15) is 13.2 Å². The Bertz CT molecular complexity index is 748. The number of aryl methyl sites for hydroxylation is 1. The topological polar surface area (TPSA) is 58.0 Å². The summed E-state index contributed by atoms with van der Waals surface area (Å²) in [6.45, 7) is 3.80. The Morgan fingerprint density at radius 1 is 1.16 bits per heavy atom. The van der Waals surface area contributed by atoms with Crippen LogP contribution in [0.2, 0.25) is 0 Å². The van der Waals surface area contributed by atoms with Crippen molar-refractivity contribution >= 4 is 0 Å². The second kappa shape index (κ2) is 6.38. The van der Waals surface area contributed by atoms with Gasteiger partial charge in [0.25, 0.3) is 0 Å². The molecule has 4 nitrogen and oxygen atoms in total. The highest BCUT2D eigenvalue weighted by Crippen LogP contribution is 2.40. The maximum absolute atomic E-state index is 12.8. The molecule has 3 atom stereocenters. The number of hydrogen-bond acceptors (Lipinski definition) is 4. The number of aliphatic hydroxyl groups is 1. The summed E-state index contributed by atoms with van der Waals surface area (Å²) in [5.41, 5.74) is 0.153. The summed E-state index contributed by atoms with van der Waals surface area (Å²) in [6.07, 6.45) is -2.16. The molecule has 0 aliphatic carbocycles. The molecular formula is C18H20F3N3O. The second-order valence-corrected chi connectivity index (χ2v) is 6.72.